The summed E-state index contributed by atoms with van der Waals surface area (Å²) in [5.74, 6) is -0.0473. The van der Waals surface area contributed by atoms with E-state index in [2.05, 4.69) is 15.1 Å². The summed E-state index contributed by atoms with van der Waals surface area (Å²) in [6.45, 7) is 5.43. The van der Waals surface area contributed by atoms with E-state index < -0.39 is 0 Å². The Kier molecular flexibility index (Phi) is 7.87. The van der Waals surface area contributed by atoms with E-state index in [9.17, 15) is 9.18 Å². The molecule has 0 spiro atoms. The second kappa shape index (κ2) is 10.4. The van der Waals surface area contributed by atoms with Gasteiger partial charge >= 0.3 is 0 Å². The quantitative estimate of drug-likeness (QED) is 0.717. The Morgan fingerprint density at radius 3 is 2.70 bits per heavy atom. The predicted octanol–water partition coefficient (Wildman–Crippen LogP) is 4.07. The van der Waals surface area contributed by atoms with Gasteiger partial charge in [0, 0.05) is 37.7 Å². The molecule has 1 saturated heterocycles. The Balaban J connectivity index is 1.77. The molecule has 1 amide bonds. The molecule has 30 heavy (non-hydrogen) atoms. The van der Waals surface area contributed by atoms with Crippen molar-refractivity contribution >= 4 is 17.5 Å². The van der Waals surface area contributed by atoms with Gasteiger partial charge in [-0.15, -0.1) is 0 Å². The molecule has 1 heterocycles. The van der Waals surface area contributed by atoms with Gasteiger partial charge in [0.15, 0.2) is 0 Å². The summed E-state index contributed by atoms with van der Waals surface area (Å²) in [4.78, 5) is 17.2. The van der Waals surface area contributed by atoms with Crippen molar-refractivity contribution in [3.63, 3.8) is 0 Å². The first-order valence-corrected chi connectivity index (χ1v) is 10.9. The van der Waals surface area contributed by atoms with Gasteiger partial charge in [-0.2, -0.15) is 0 Å². The molecule has 1 aliphatic rings. The molecule has 0 saturated carbocycles. The summed E-state index contributed by atoms with van der Waals surface area (Å²) < 4.78 is 13.8. The minimum absolute atomic E-state index is 0.0875. The van der Waals surface area contributed by atoms with Gasteiger partial charge in [-0.05, 0) is 62.2 Å². The summed E-state index contributed by atoms with van der Waals surface area (Å²) in [6.07, 6.45) is 0.762. The van der Waals surface area contributed by atoms with Crippen LogP contribution in [0.2, 0.25) is 5.02 Å². The first-order chi connectivity index (χ1) is 14.3. The van der Waals surface area contributed by atoms with E-state index in [0.29, 0.717) is 25.2 Å². The Bertz CT molecular complexity index is 873. The van der Waals surface area contributed by atoms with Crippen LogP contribution < -0.4 is 5.32 Å². The number of carbonyl (C=O) groups excluding carboxylic acids is 1. The maximum absolute atomic E-state index is 13.8. The van der Waals surface area contributed by atoms with E-state index >= 15 is 0 Å². The van der Waals surface area contributed by atoms with Crippen LogP contribution in [0.5, 0.6) is 0 Å². The highest BCUT2D eigenvalue weighted by molar-refractivity contribution is 6.31. The zero-order chi connectivity index (χ0) is 21.7. The lowest BCUT2D eigenvalue weighted by atomic mass is 9.83. The highest BCUT2D eigenvalue weighted by Crippen LogP contribution is 2.32. The van der Waals surface area contributed by atoms with Crippen LogP contribution in [0.4, 0.5) is 4.39 Å². The molecule has 1 fully saturated rings. The van der Waals surface area contributed by atoms with Crippen molar-refractivity contribution in [3.05, 3.63) is 70.0 Å². The van der Waals surface area contributed by atoms with Crippen molar-refractivity contribution in [2.45, 2.75) is 25.8 Å². The SMILES string of the molecule is Cc1cc([C@@H]2C[C@@H](C(=O)NCCN(C)C)CN(Cc3ccccc3Cl)C2)ccc1F. The standard InChI is InChI=1S/C24H31ClFN3O/c1-17-12-18(8-9-23(17)26)20-13-21(24(30)27-10-11-28(2)3)16-29(15-20)14-19-6-4-5-7-22(19)25/h4-9,12,20-21H,10-11,13-16H2,1-3H3,(H,27,30)/t20-,21-/m1/s1. The Hall–Kier alpha value is -1.95. The Labute approximate surface area is 184 Å². The molecule has 0 aromatic heterocycles. The molecule has 1 N–H and O–H groups in total. The third-order valence-electron chi connectivity index (χ3n) is 5.76. The van der Waals surface area contributed by atoms with Crippen LogP contribution in [0.15, 0.2) is 42.5 Å². The molecular formula is C24H31ClFN3O. The fraction of sp³-hybridized carbons (Fsp3) is 0.458. The zero-order valence-electron chi connectivity index (χ0n) is 18.0. The molecule has 0 aliphatic carbocycles. The molecule has 3 rings (SSSR count). The summed E-state index contributed by atoms with van der Waals surface area (Å²) in [6, 6.07) is 13.1. The molecule has 2 aromatic rings. The number of likely N-dealkylation sites (tertiary alicyclic amines) is 1. The number of hydrogen-bond donors (Lipinski definition) is 1. The van der Waals surface area contributed by atoms with E-state index in [1.807, 2.05) is 50.5 Å². The highest BCUT2D eigenvalue weighted by atomic mass is 35.5. The van der Waals surface area contributed by atoms with Crippen molar-refractivity contribution in [1.82, 2.24) is 15.1 Å². The summed E-state index contributed by atoms with van der Waals surface area (Å²) in [5.41, 5.74) is 2.79. The van der Waals surface area contributed by atoms with Gasteiger partial charge in [-0.3, -0.25) is 9.69 Å². The largest absolute Gasteiger partial charge is 0.355 e. The number of likely N-dealkylation sites (N-methyl/N-ethyl adjacent to an activating group) is 1. The van der Waals surface area contributed by atoms with Crippen molar-refractivity contribution in [3.8, 4) is 0 Å². The average molecular weight is 432 g/mol. The number of halogens is 2. The smallest absolute Gasteiger partial charge is 0.224 e. The number of benzene rings is 2. The van der Waals surface area contributed by atoms with Gasteiger partial charge in [0.1, 0.15) is 5.82 Å². The maximum Gasteiger partial charge on any atom is 0.224 e. The molecule has 1 aliphatic heterocycles. The summed E-state index contributed by atoms with van der Waals surface area (Å²) in [7, 11) is 3.98. The van der Waals surface area contributed by atoms with Gasteiger partial charge in [0.2, 0.25) is 5.91 Å². The number of aryl methyl sites for hydroxylation is 1. The first-order valence-electron chi connectivity index (χ1n) is 10.5. The first kappa shape index (κ1) is 22.7. The topological polar surface area (TPSA) is 35.6 Å². The Morgan fingerprint density at radius 1 is 1.23 bits per heavy atom. The number of piperidine rings is 1. The lowest BCUT2D eigenvalue weighted by Gasteiger charge is -2.37. The molecule has 2 atom stereocenters. The normalized spacial score (nSPS) is 19.8. The molecular weight excluding hydrogens is 401 g/mol. The molecule has 2 aromatic carbocycles. The van der Waals surface area contributed by atoms with Crippen molar-refractivity contribution in [1.29, 1.82) is 0 Å². The Morgan fingerprint density at radius 2 is 2.00 bits per heavy atom. The molecule has 0 bridgehead atoms. The minimum atomic E-state index is -0.194. The number of hydrogen-bond acceptors (Lipinski definition) is 3. The van der Waals surface area contributed by atoms with Gasteiger partial charge in [0.25, 0.3) is 0 Å². The van der Waals surface area contributed by atoms with Crippen LogP contribution in [-0.4, -0.2) is 56.0 Å². The molecule has 0 unspecified atom stereocenters. The van der Waals surface area contributed by atoms with E-state index in [1.54, 1.807) is 6.92 Å². The number of rotatable bonds is 7. The lowest BCUT2D eigenvalue weighted by molar-refractivity contribution is -0.127. The van der Waals surface area contributed by atoms with Gasteiger partial charge in [-0.1, -0.05) is 41.9 Å². The fourth-order valence-corrected chi connectivity index (χ4v) is 4.28. The second-order valence-corrected chi connectivity index (χ2v) is 8.93. The summed E-state index contributed by atoms with van der Waals surface area (Å²) in [5, 5.41) is 3.82. The van der Waals surface area contributed by atoms with E-state index in [4.69, 9.17) is 11.6 Å². The number of amides is 1. The second-order valence-electron chi connectivity index (χ2n) is 8.52. The van der Waals surface area contributed by atoms with E-state index in [1.165, 1.54) is 6.07 Å². The van der Waals surface area contributed by atoms with Crippen LogP contribution in [-0.2, 0) is 11.3 Å². The van der Waals surface area contributed by atoms with Crippen molar-refractivity contribution in [2.24, 2.45) is 5.92 Å². The third-order valence-corrected chi connectivity index (χ3v) is 6.13. The molecule has 0 radical (unpaired) electrons. The minimum Gasteiger partial charge on any atom is -0.355 e. The van der Waals surface area contributed by atoms with E-state index in [-0.39, 0.29) is 23.6 Å². The number of carbonyl (C=O) groups is 1. The van der Waals surface area contributed by atoms with Gasteiger partial charge in [-0.25, -0.2) is 4.39 Å². The lowest BCUT2D eigenvalue weighted by Crippen LogP contribution is -2.46. The summed E-state index contributed by atoms with van der Waals surface area (Å²) >= 11 is 6.38. The van der Waals surface area contributed by atoms with Crippen LogP contribution in [0, 0.1) is 18.7 Å². The predicted molar refractivity (Wildman–Crippen MR) is 120 cm³/mol. The molecule has 4 nitrogen and oxygen atoms in total. The monoisotopic (exact) mass is 431 g/mol. The van der Waals surface area contributed by atoms with Crippen LogP contribution in [0.25, 0.3) is 0 Å². The average Bonchev–Trinajstić information content (AvgIpc) is 2.71. The van der Waals surface area contributed by atoms with Crippen LogP contribution in [0.3, 0.4) is 0 Å². The fourth-order valence-electron chi connectivity index (χ4n) is 4.09. The zero-order valence-corrected chi connectivity index (χ0v) is 18.8. The third kappa shape index (κ3) is 6.03. The maximum atomic E-state index is 13.8. The van der Waals surface area contributed by atoms with Crippen LogP contribution in [0.1, 0.15) is 29.0 Å². The van der Waals surface area contributed by atoms with Crippen LogP contribution >= 0.6 is 11.6 Å². The number of nitrogens with zero attached hydrogens (tertiary/aromatic N) is 2. The van der Waals surface area contributed by atoms with Gasteiger partial charge < -0.3 is 10.2 Å². The van der Waals surface area contributed by atoms with Crippen molar-refractivity contribution in [2.75, 3.05) is 40.3 Å². The molecule has 162 valence electrons. The van der Waals surface area contributed by atoms with Crippen molar-refractivity contribution < 1.29 is 9.18 Å². The van der Waals surface area contributed by atoms with Gasteiger partial charge in [0.05, 0.1) is 5.92 Å². The molecule has 6 heteroatoms. The van der Waals surface area contributed by atoms with E-state index in [0.717, 1.165) is 35.7 Å². The highest BCUT2D eigenvalue weighted by Gasteiger charge is 2.32. The number of nitrogens with one attached hydrogen (secondary N) is 1.